The molecule has 3 aromatic rings. The van der Waals surface area contributed by atoms with Crippen molar-refractivity contribution in [1.29, 1.82) is 0 Å². The first-order valence-corrected chi connectivity index (χ1v) is 11.5. The molecule has 0 saturated heterocycles. The second-order valence-electron chi connectivity index (χ2n) is 6.53. The lowest BCUT2D eigenvalue weighted by molar-refractivity contribution is 0.146. The van der Waals surface area contributed by atoms with E-state index in [9.17, 15) is 8.42 Å². The first-order valence-electron chi connectivity index (χ1n) is 9.42. The van der Waals surface area contributed by atoms with E-state index < -0.39 is 9.84 Å². The Morgan fingerprint density at radius 1 is 1.00 bits per heavy atom. The van der Waals surface area contributed by atoms with E-state index in [4.69, 9.17) is 30.5 Å². The van der Waals surface area contributed by atoms with Gasteiger partial charge in [0.1, 0.15) is 35.5 Å². The SMILES string of the molecule is [CH2+]CS(=O)(=O)c1cc(OCc2ccc(OC)cc2)c2ccc(OCCOC)c(Cl)c2n1. The van der Waals surface area contributed by atoms with Crippen LogP contribution in [0.5, 0.6) is 17.2 Å². The van der Waals surface area contributed by atoms with E-state index in [1.165, 1.54) is 6.07 Å². The minimum absolute atomic E-state index is 0.157. The maximum Gasteiger partial charge on any atom is 0.236 e. The van der Waals surface area contributed by atoms with Gasteiger partial charge in [0, 0.05) is 18.6 Å². The van der Waals surface area contributed by atoms with Gasteiger partial charge in [-0.05, 0) is 29.8 Å². The fraction of sp³-hybridized carbons (Fsp3) is 0.273. The Morgan fingerprint density at radius 3 is 2.39 bits per heavy atom. The minimum atomic E-state index is -3.69. The molecule has 31 heavy (non-hydrogen) atoms. The summed E-state index contributed by atoms with van der Waals surface area (Å²) in [5.74, 6) is 1.11. The number of aromatic nitrogens is 1. The molecule has 0 bridgehead atoms. The van der Waals surface area contributed by atoms with Gasteiger partial charge in [0.05, 0.1) is 26.2 Å². The van der Waals surface area contributed by atoms with Gasteiger partial charge in [-0.25, -0.2) is 13.4 Å². The van der Waals surface area contributed by atoms with E-state index >= 15 is 0 Å². The Kier molecular flexibility index (Phi) is 7.48. The zero-order chi connectivity index (χ0) is 22.4. The molecule has 1 heterocycles. The largest absolute Gasteiger partial charge is 0.497 e. The van der Waals surface area contributed by atoms with E-state index in [0.717, 1.165) is 11.3 Å². The van der Waals surface area contributed by atoms with Crippen LogP contribution >= 0.6 is 11.6 Å². The lowest BCUT2D eigenvalue weighted by atomic mass is 10.2. The van der Waals surface area contributed by atoms with Crippen LogP contribution in [0.4, 0.5) is 0 Å². The maximum absolute atomic E-state index is 12.5. The lowest BCUT2D eigenvalue weighted by Gasteiger charge is -2.14. The summed E-state index contributed by atoms with van der Waals surface area (Å²) in [5.41, 5.74) is 1.16. The van der Waals surface area contributed by atoms with Gasteiger partial charge in [-0.1, -0.05) is 23.7 Å². The Hall–Kier alpha value is -2.68. The summed E-state index contributed by atoms with van der Waals surface area (Å²) in [6, 6.07) is 12.2. The number of hydrogen-bond donors (Lipinski definition) is 0. The molecule has 3 rings (SSSR count). The maximum atomic E-state index is 12.5. The minimum Gasteiger partial charge on any atom is -0.497 e. The summed E-state index contributed by atoms with van der Waals surface area (Å²) in [6.07, 6.45) is 0. The molecular weight excluding hydrogens is 442 g/mol. The highest BCUT2D eigenvalue weighted by molar-refractivity contribution is 7.91. The molecule has 0 atom stereocenters. The third-order valence-corrected chi connectivity index (χ3v) is 6.26. The first-order chi connectivity index (χ1) is 14.9. The molecule has 0 aliphatic carbocycles. The van der Waals surface area contributed by atoms with Crippen molar-refractivity contribution >= 4 is 32.3 Å². The van der Waals surface area contributed by atoms with Crippen LogP contribution in [-0.2, 0) is 21.2 Å². The Morgan fingerprint density at radius 2 is 1.74 bits per heavy atom. The van der Waals surface area contributed by atoms with Crippen LogP contribution in [0.15, 0.2) is 47.5 Å². The summed E-state index contributed by atoms with van der Waals surface area (Å²) in [7, 11) is -0.535. The van der Waals surface area contributed by atoms with Gasteiger partial charge in [-0.3, -0.25) is 0 Å². The van der Waals surface area contributed by atoms with Crippen molar-refractivity contribution in [3.63, 3.8) is 0 Å². The summed E-state index contributed by atoms with van der Waals surface area (Å²) in [5, 5.41) is 0.611. The third-order valence-electron chi connectivity index (χ3n) is 4.51. The normalized spacial score (nSPS) is 11.5. The highest BCUT2D eigenvalue weighted by Crippen LogP contribution is 2.37. The highest BCUT2D eigenvalue weighted by atomic mass is 35.5. The quantitative estimate of drug-likeness (QED) is 0.330. The summed E-state index contributed by atoms with van der Waals surface area (Å²) < 4.78 is 46.6. The van der Waals surface area contributed by atoms with Crippen molar-refractivity contribution in [2.24, 2.45) is 0 Å². The summed E-state index contributed by atoms with van der Waals surface area (Å²) in [4.78, 5) is 4.28. The third kappa shape index (κ3) is 5.33. The highest BCUT2D eigenvalue weighted by Gasteiger charge is 2.22. The molecule has 0 saturated carbocycles. The molecular formula is C22H23ClNO6S+. The van der Waals surface area contributed by atoms with Gasteiger partial charge in [0.2, 0.25) is 9.84 Å². The van der Waals surface area contributed by atoms with E-state index in [0.29, 0.717) is 30.1 Å². The number of fused-ring (bicyclic) bond motifs is 1. The smallest absolute Gasteiger partial charge is 0.236 e. The van der Waals surface area contributed by atoms with Crippen LogP contribution in [0.3, 0.4) is 0 Å². The molecule has 2 aromatic carbocycles. The standard InChI is InChI=1S/C22H23ClNO6S/c1-4-31(25,26)20-13-19(30-14-15-5-7-16(28-3)8-6-15)17-9-10-18(29-12-11-27-2)21(23)22(17)24-20/h5-10,13H,1,4,11-12,14H2,2-3H3/q+1. The topological polar surface area (TPSA) is 84.0 Å². The van der Waals surface area contributed by atoms with Gasteiger partial charge in [0.15, 0.2) is 10.8 Å². The van der Waals surface area contributed by atoms with Gasteiger partial charge in [-0.15, -0.1) is 0 Å². The number of halogens is 1. The van der Waals surface area contributed by atoms with Crippen LogP contribution in [-0.4, -0.2) is 46.6 Å². The number of benzene rings is 2. The van der Waals surface area contributed by atoms with Gasteiger partial charge >= 0.3 is 0 Å². The zero-order valence-electron chi connectivity index (χ0n) is 17.3. The number of pyridine rings is 1. The van der Waals surface area contributed by atoms with Gasteiger partial charge < -0.3 is 18.9 Å². The second kappa shape index (κ2) is 10.1. The van der Waals surface area contributed by atoms with Crippen LogP contribution < -0.4 is 14.2 Å². The molecule has 0 radical (unpaired) electrons. The van der Waals surface area contributed by atoms with Crippen molar-refractivity contribution < 1.29 is 27.4 Å². The first kappa shape index (κ1) is 23.0. The average molecular weight is 465 g/mol. The number of rotatable bonds is 10. The van der Waals surface area contributed by atoms with Crippen molar-refractivity contribution in [3.8, 4) is 17.2 Å². The molecule has 0 aliphatic rings. The molecule has 0 amide bonds. The fourth-order valence-electron chi connectivity index (χ4n) is 2.80. The fourth-order valence-corrected chi connectivity index (χ4v) is 3.79. The number of methoxy groups -OCH3 is 2. The van der Waals surface area contributed by atoms with Crippen molar-refractivity contribution in [2.75, 3.05) is 33.2 Å². The van der Waals surface area contributed by atoms with Crippen LogP contribution in [0.1, 0.15) is 5.56 Å². The second-order valence-corrected chi connectivity index (χ2v) is 8.96. The Labute approximate surface area is 186 Å². The molecule has 0 aliphatic heterocycles. The van der Waals surface area contributed by atoms with Crippen molar-refractivity contribution in [2.45, 2.75) is 11.6 Å². The number of nitrogens with zero attached hydrogens (tertiary/aromatic N) is 1. The average Bonchev–Trinajstić information content (AvgIpc) is 2.79. The molecule has 0 N–H and O–H groups in total. The number of sulfone groups is 1. The van der Waals surface area contributed by atoms with Crippen molar-refractivity contribution in [3.05, 3.63) is 60.0 Å². The van der Waals surface area contributed by atoms with Crippen LogP contribution in [0, 0.1) is 6.92 Å². The van der Waals surface area contributed by atoms with Crippen LogP contribution in [0.2, 0.25) is 5.02 Å². The molecule has 9 heteroatoms. The summed E-state index contributed by atoms with van der Waals surface area (Å²) in [6.45, 7) is 4.38. The van der Waals surface area contributed by atoms with E-state index in [-0.39, 0.29) is 27.9 Å². The zero-order valence-corrected chi connectivity index (χ0v) is 18.8. The van der Waals surface area contributed by atoms with E-state index in [1.54, 1.807) is 26.4 Å². The Bertz CT molecular complexity index is 1150. The lowest BCUT2D eigenvalue weighted by Crippen LogP contribution is -2.08. The molecule has 0 fully saturated rings. The Balaban J connectivity index is 2.02. The predicted molar refractivity (Wildman–Crippen MR) is 119 cm³/mol. The van der Waals surface area contributed by atoms with Gasteiger partial charge in [-0.2, -0.15) is 0 Å². The summed E-state index contributed by atoms with van der Waals surface area (Å²) >= 11 is 6.50. The molecule has 0 unspecified atom stereocenters. The van der Waals surface area contributed by atoms with Gasteiger partial charge in [0.25, 0.3) is 0 Å². The van der Waals surface area contributed by atoms with Crippen LogP contribution in [0.25, 0.3) is 10.9 Å². The number of hydrogen-bond acceptors (Lipinski definition) is 7. The molecule has 164 valence electrons. The number of ether oxygens (including phenoxy) is 4. The molecule has 0 spiro atoms. The molecule has 7 nitrogen and oxygen atoms in total. The van der Waals surface area contributed by atoms with E-state index in [1.807, 2.05) is 24.3 Å². The van der Waals surface area contributed by atoms with Crippen molar-refractivity contribution in [1.82, 2.24) is 4.98 Å². The predicted octanol–water partition coefficient (Wildman–Crippen LogP) is 4.11. The van der Waals surface area contributed by atoms with E-state index in [2.05, 4.69) is 11.9 Å². The molecule has 1 aromatic heterocycles. The monoisotopic (exact) mass is 464 g/mol.